The summed E-state index contributed by atoms with van der Waals surface area (Å²) in [5.74, 6) is 0.132. The van der Waals surface area contributed by atoms with Gasteiger partial charge in [0.1, 0.15) is 0 Å². The van der Waals surface area contributed by atoms with E-state index in [9.17, 15) is 4.79 Å². The van der Waals surface area contributed by atoms with Crippen molar-refractivity contribution < 1.29 is 9.53 Å². The molecule has 4 N–H and O–H groups in total. The van der Waals surface area contributed by atoms with E-state index in [2.05, 4.69) is 5.32 Å². The number of hydrogen-bond donors (Lipinski definition) is 3. The number of carbonyl (C=O) groups is 1. The molecule has 0 heterocycles. The first-order valence-electron chi connectivity index (χ1n) is 9.28. The Balaban J connectivity index is 0.00000300. The number of benzene rings is 2. The van der Waals surface area contributed by atoms with Crippen molar-refractivity contribution in [2.75, 3.05) is 6.54 Å². The molecule has 1 aliphatic carbocycles. The molecule has 8 heteroatoms. The van der Waals surface area contributed by atoms with Crippen LogP contribution in [-0.4, -0.2) is 18.5 Å². The lowest BCUT2D eigenvalue weighted by molar-refractivity contribution is -0.140. The van der Waals surface area contributed by atoms with Crippen LogP contribution in [0.1, 0.15) is 25.7 Å². The van der Waals surface area contributed by atoms with Gasteiger partial charge in [-0.05, 0) is 54.9 Å². The van der Waals surface area contributed by atoms with Gasteiger partial charge in [0.15, 0.2) is 11.7 Å². The lowest BCUT2D eigenvalue weighted by Crippen LogP contribution is -2.36. The van der Waals surface area contributed by atoms with Gasteiger partial charge in [0.2, 0.25) is 0 Å². The second-order valence-corrected chi connectivity index (χ2v) is 7.88. The first-order chi connectivity index (χ1) is 13.4. The minimum Gasteiger partial charge on any atom is -0.423 e. The van der Waals surface area contributed by atoms with Crippen LogP contribution in [0, 0.1) is 17.2 Å². The molecular formula is C21H24Cl3N3O2. The third-order valence-electron chi connectivity index (χ3n) is 5.07. The van der Waals surface area contributed by atoms with Gasteiger partial charge in [-0.3, -0.25) is 10.2 Å². The number of halogens is 3. The van der Waals surface area contributed by atoms with Crippen molar-refractivity contribution in [3.8, 4) is 16.9 Å². The standard InChI is InChI=1S/C21H23Cl2N3O2.ClH/c22-17-10-16(14-4-2-1-3-5-14)11-18(23)19(17)28-20(27)15-8-6-13(7-9-15)12-26-21(24)25;/h1-5,10-11,13,15H,6-9,12H2,(H4,24,25,26);1H/t13-,15-;. The summed E-state index contributed by atoms with van der Waals surface area (Å²) in [7, 11) is 0. The molecule has 2 aromatic rings. The van der Waals surface area contributed by atoms with Gasteiger partial charge in [0, 0.05) is 6.54 Å². The molecule has 0 bridgehead atoms. The Kier molecular flexibility index (Phi) is 8.62. The zero-order chi connectivity index (χ0) is 20.1. The van der Waals surface area contributed by atoms with E-state index in [1.165, 1.54) is 0 Å². The van der Waals surface area contributed by atoms with Crippen LogP contribution in [0.4, 0.5) is 0 Å². The number of carbonyl (C=O) groups excluding carboxylic acids is 1. The highest BCUT2D eigenvalue weighted by atomic mass is 35.5. The normalized spacial score (nSPS) is 18.4. The summed E-state index contributed by atoms with van der Waals surface area (Å²) in [5, 5.41) is 10.7. The van der Waals surface area contributed by atoms with E-state index < -0.39 is 0 Å². The molecule has 1 aliphatic rings. The molecule has 0 aliphatic heterocycles. The van der Waals surface area contributed by atoms with Crippen LogP contribution < -0.4 is 15.8 Å². The average Bonchev–Trinajstić information content (AvgIpc) is 2.70. The third-order valence-corrected chi connectivity index (χ3v) is 5.63. The number of hydrogen-bond acceptors (Lipinski definition) is 3. The number of nitrogens with one attached hydrogen (secondary N) is 2. The molecule has 5 nitrogen and oxygen atoms in total. The smallest absolute Gasteiger partial charge is 0.314 e. The van der Waals surface area contributed by atoms with Crippen LogP contribution in [0.5, 0.6) is 5.75 Å². The van der Waals surface area contributed by atoms with Gasteiger partial charge >= 0.3 is 5.97 Å². The van der Waals surface area contributed by atoms with Gasteiger partial charge < -0.3 is 15.8 Å². The van der Waals surface area contributed by atoms with Crippen molar-refractivity contribution in [1.29, 1.82) is 5.41 Å². The van der Waals surface area contributed by atoms with Crippen molar-refractivity contribution in [1.82, 2.24) is 5.32 Å². The fourth-order valence-electron chi connectivity index (χ4n) is 3.50. The summed E-state index contributed by atoms with van der Waals surface area (Å²) in [6, 6.07) is 13.3. The van der Waals surface area contributed by atoms with Crippen molar-refractivity contribution >= 4 is 47.5 Å². The molecule has 1 saturated carbocycles. The molecule has 0 atom stereocenters. The largest absolute Gasteiger partial charge is 0.423 e. The van der Waals surface area contributed by atoms with Crippen molar-refractivity contribution in [3.63, 3.8) is 0 Å². The van der Waals surface area contributed by atoms with E-state index in [-0.39, 0.29) is 36.0 Å². The molecule has 0 spiro atoms. The number of esters is 1. The minimum atomic E-state index is -0.297. The topological polar surface area (TPSA) is 88.2 Å². The molecular weight excluding hydrogens is 433 g/mol. The quantitative estimate of drug-likeness (QED) is 0.247. The lowest BCUT2D eigenvalue weighted by Gasteiger charge is -2.27. The summed E-state index contributed by atoms with van der Waals surface area (Å²) < 4.78 is 5.57. The second-order valence-electron chi connectivity index (χ2n) is 7.07. The van der Waals surface area contributed by atoms with E-state index in [0.29, 0.717) is 22.5 Å². The van der Waals surface area contributed by atoms with E-state index in [0.717, 1.165) is 36.8 Å². The van der Waals surface area contributed by atoms with Gasteiger partial charge in [-0.25, -0.2) is 0 Å². The van der Waals surface area contributed by atoms with Crippen LogP contribution in [-0.2, 0) is 4.79 Å². The predicted octanol–water partition coefficient (Wildman–Crippen LogP) is 5.28. The van der Waals surface area contributed by atoms with Gasteiger partial charge in [-0.1, -0.05) is 53.5 Å². The maximum atomic E-state index is 12.6. The zero-order valence-electron chi connectivity index (χ0n) is 15.8. The highest BCUT2D eigenvalue weighted by molar-refractivity contribution is 6.37. The SMILES string of the molecule is Cl.N=C(N)NC[C@H]1CC[C@H](C(=O)Oc2c(Cl)cc(-c3ccccc3)cc2Cl)CC1. The highest BCUT2D eigenvalue weighted by Gasteiger charge is 2.28. The Morgan fingerprint density at radius 1 is 1.07 bits per heavy atom. The number of ether oxygens (including phenoxy) is 1. The third kappa shape index (κ3) is 6.26. The molecule has 156 valence electrons. The summed E-state index contributed by atoms with van der Waals surface area (Å²) in [5.41, 5.74) is 7.18. The van der Waals surface area contributed by atoms with Crippen LogP contribution in [0.25, 0.3) is 11.1 Å². The molecule has 3 rings (SSSR count). The van der Waals surface area contributed by atoms with E-state index in [1.807, 2.05) is 30.3 Å². The fraction of sp³-hybridized carbons (Fsp3) is 0.333. The zero-order valence-corrected chi connectivity index (χ0v) is 18.1. The van der Waals surface area contributed by atoms with Gasteiger partial charge in [-0.15, -0.1) is 12.4 Å². The molecule has 29 heavy (non-hydrogen) atoms. The lowest BCUT2D eigenvalue weighted by atomic mass is 9.82. The molecule has 0 amide bonds. The Labute approximate surface area is 186 Å². The Morgan fingerprint density at radius 2 is 1.66 bits per heavy atom. The highest BCUT2D eigenvalue weighted by Crippen LogP contribution is 2.39. The molecule has 0 unspecified atom stereocenters. The Bertz CT molecular complexity index is 830. The van der Waals surface area contributed by atoms with Crippen molar-refractivity contribution in [3.05, 3.63) is 52.5 Å². The van der Waals surface area contributed by atoms with Crippen LogP contribution in [0.3, 0.4) is 0 Å². The van der Waals surface area contributed by atoms with Gasteiger partial charge in [0.05, 0.1) is 16.0 Å². The fourth-order valence-corrected chi connectivity index (χ4v) is 4.06. The number of rotatable bonds is 5. The van der Waals surface area contributed by atoms with Crippen LogP contribution in [0.2, 0.25) is 10.0 Å². The monoisotopic (exact) mass is 455 g/mol. The molecule has 2 aromatic carbocycles. The van der Waals surface area contributed by atoms with E-state index >= 15 is 0 Å². The average molecular weight is 457 g/mol. The maximum Gasteiger partial charge on any atom is 0.314 e. The second kappa shape index (κ2) is 10.7. The molecule has 0 aromatic heterocycles. The molecule has 0 saturated heterocycles. The molecule has 1 fully saturated rings. The summed E-state index contributed by atoms with van der Waals surface area (Å²) in [6.07, 6.45) is 3.24. The van der Waals surface area contributed by atoms with Gasteiger partial charge in [-0.2, -0.15) is 0 Å². The summed E-state index contributed by atoms with van der Waals surface area (Å²) in [4.78, 5) is 12.6. The van der Waals surface area contributed by atoms with Gasteiger partial charge in [0.25, 0.3) is 0 Å². The number of nitrogens with two attached hydrogens (primary N) is 1. The summed E-state index contributed by atoms with van der Waals surface area (Å²) in [6.45, 7) is 0.662. The van der Waals surface area contributed by atoms with Crippen molar-refractivity contribution in [2.24, 2.45) is 17.6 Å². The molecule has 0 radical (unpaired) electrons. The minimum absolute atomic E-state index is 0. The number of guanidine groups is 1. The summed E-state index contributed by atoms with van der Waals surface area (Å²) >= 11 is 12.7. The Morgan fingerprint density at radius 3 is 2.21 bits per heavy atom. The first-order valence-corrected chi connectivity index (χ1v) is 10.0. The van der Waals surface area contributed by atoms with E-state index in [4.69, 9.17) is 39.1 Å². The van der Waals surface area contributed by atoms with Crippen LogP contribution >= 0.6 is 35.6 Å². The van der Waals surface area contributed by atoms with Crippen LogP contribution in [0.15, 0.2) is 42.5 Å². The predicted molar refractivity (Wildman–Crippen MR) is 120 cm³/mol. The maximum absolute atomic E-state index is 12.6. The first kappa shape index (κ1) is 23.3. The van der Waals surface area contributed by atoms with Crippen molar-refractivity contribution in [2.45, 2.75) is 25.7 Å². The van der Waals surface area contributed by atoms with E-state index in [1.54, 1.807) is 12.1 Å². The Hall–Kier alpha value is -1.95.